The zero-order valence-corrected chi connectivity index (χ0v) is 12.2. The van der Waals surface area contributed by atoms with Crippen molar-refractivity contribution < 1.29 is 14.7 Å². The third-order valence-corrected chi connectivity index (χ3v) is 3.03. The molecule has 1 aromatic carbocycles. The Labute approximate surface area is 119 Å². The fourth-order valence-corrected chi connectivity index (χ4v) is 1.86. The van der Waals surface area contributed by atoms with Crippen LogP contribution in [0, 0.1) is 6.92 Å². The van der Waals surface area contributed by atoms with E-state index in [1.54, 1.807) is 12.1 Å². The van der Waals surface area contributed by atoms with Gasteiger partial charge in [0.15, 0.2) is 0 Å². The number of hydrogen-bond donors (Lipinski definition) is 3. The van der Waals surface area contributed by atoms with Crippen molar-refractivity contribution in [3.05, 3.63) is 29.3 Å². The average molecular weight is 278 g/mol. The normalized spacial score (nSPS) is 11.8. The number of carbonyl (C=O) groups is 2. The lowest BCUT2D eigenvalue weighted by atomic mass is 10.1. The molecule has 1 amide bonds. The van der Waals surface area contributed by atoms with Crippen LogP contribution in [-0.4, -0.2) is 29.6 Å². The van der Waals surface area contributed by atoms with E-state index in [1.807, 2.05) is 26.8 Å². The molecule has 110 valence electrons. The summed E-state index contributed by atoms with van der Waals surface area (Å²) in [6.07, 6.45) is 0.670. The molecule has 0 fully saturated rings. The van der Waals surface area contributed by atoms with Crippen LogP contribution in [0.3, 0.4) is 0 Å². The third-order valence-electron chi connectivity index (χ3n) is 3.03. The minimum absolute atomic E-state index is 0.0364. The Morgan fingerprint density at radius 2 is 2.05 bits per heavy atom. The number of carboxylic acid groups (broad SMARTS) is 1. The molecule has 1 atom stereocenters. The van der Waals surface area contributed by atoms with E-state index in [9.17, 15) is 9.59 Å². The Hall–Kier alpha value is -2.04. The standard InChI is InChI=1S/C15H22N2O3/c1-4-16-15(20)12-7-5-10(2)13(9-12)17-11(3)6-8-14(18)19/h5,7,9,11,17H,4,6,8H2,1-3H3,(H,16,20)(H,18,19). The number of rotatable bonds is 7. The van der Waals surface area contributed by atoms with Crippen LogP contribution in [0.4, 0.5) is 5.69 Å². The summed E-state index contributed by atoms with van der Waals surface area (Å²) >= 11 is 0. The van der Waals surface area contributed by atoms with Crippen molar-refractivity contribution in [2.45, 2.75) is 39.7 Å². The van der Waals surface area contributed by atoms with Gasteiger partial charge in [-0.2, -0.15) is 0 Å². The Morgan fingerprint density at radius 1 is 1.35 bits per heavy atom. The summed E-state index contributed by atoms with van der Waals surface area (Å²) in [7, 11) is 0. The fraction of sp³-hybridized carbons (Fsp3) is 0.467. The summed E-state index contributed by atoms with van der Waals surface area (Å²) in [5, 5.41) is 14.7. The number of aryl methyl sites for hydroxylation is 1. The molecule has 0 bridgehead atoms. The monoisotopic (exact) mass is 278 g/mol. The van der Waals surface area contributed by atoms with Crippen LogP contribution < -0.4 is 10.6 Å². The first-order valence-corrected chi connectivity index (χ1v) is 6.81. The summed E-state index contributed by atoms with van der Waals surface area (Å²) in [5.74, 6) is -0.903. The van der Waals surface area contributed by atoms with Crippen LogP contribution in [0.5, 0.6) is 0 Å². The van der Waals surface area contributed by atoms with Gasteiger partial charge in [-0.25, -0.2) is 0 Å². The molecule has 0 aliphatic carbocycles. The molecule has 5 nitrogen and oxygen atoms in total. The molecule has 0 aliphatic rings. The van der Waals surface area contributed by atoms with Gasteiger partial charge in [0, 0.05) is 30.3 Å². The Bertz CT molecular complexity index is 486. The van der Waals surface area contributed by atoms with E-state index in [1.165, 1.54) is 0 Å². The first-order valence-electron chi connectivity index (χ1n) is 6.81. The van der Waals surface area contributed by atoms with E-state index >= 15 is 0 Å². The predicted molar refractivity (Wildman–Crippen MR) is 79.1 cm³/mol. The van der Waals surface area contributed by atoms with Crippen molar-refractivity contribution in [1.82, 2.24) is 5.32 Å². The lowest BCUT2D eigenvalue weighted by molar-refractivity contribution is -0.137. The van der Waals surface area contributed by atoms with Crippen molar-refractivity contribution in [2.75, 3.05) is 11.9 Å². The zero-order chi connectivity index (χ0) is 15.1. The van der Waals surface area contributed by atoms with Gasteiger partial charge in [0.05, 0.1) is 0 Å². The molecule has 0 spiro atoms. The van der Waals surface area contributed by atoms with Crippen LogP contribution >= 0.6 is 0 Å². The number of benzene rings is 1. The minimum atomic E-state index is -0.800. The van der Waals surface area contributed by atoms with Gasteiger partial charge in [0.25, 0.3) is 5.91 Å². The smallest absolute Gasteiger partial charge is 0.303 e. The summed E-state index contributed by atoms with van der Waals surface area (Å²) in [4.78, 5) is 22.4. The van der Waals surface area contributed by atoms with Crippen LogP contribution in [-0.2, 0) is 4.79 Å². The molecular weight excluding hydrogens is 256 g/mol. The SMILES string of the molecule is CCNC(=O)c1ccc(C)c(NC(C)CCC(=O)O)c1. The van der Waals surface area contributed by atoms with Crippen molar-refractivity contribution in [1.29, 1.82) is 0 Å². The number of anilines is 1. The van der Waals surface area contributed by atoms with Crippen LogP contribution in [0.1, 0.15) is 42.6 Å². The maximum atomic E-state index is 11.8. The first-order chi connectivity index (χ1) is 9.43. The van der Waals surface area contributed by atoms with E-state index in [4.69, 9.17) is 5.11 Å². The highest BCUT2D eigenvalue weighted by Gasteiger charge is 2.10. The fourth-order valence-electron chi connectivity index (χ4n) is 1.86. The lowest BCUT2D eigenvalue weighted by Gasteiger charge is -2.17. The van der Waals surface area contributed by atoms with Gasteiger partial charge < -0.3 is 15.7 Å². The molecular formula is C15H22N2O3. The molecule has 3 N–H and O–H groups in total. The van der Waals surface area contributed by atoms with Gasteiger partial charge >= 0.3 is 5.97 Å². The summed E-state index contributed by atoms with van der Waals surface area (Å²) < 4.78 is 0. The quantitative estimate of drug-likeness (QED) is 0.715. The predicted octanol–water partition coefficient (Wildman–Crippen LogP) is 2.41. The molecule has 0 saturated carbocycles. The highest BCUT2D eigenvalue weighted by molar-refractivity contribution is 5.95. The van der Waals surface area contributed by atoms with Crippen molar-refractivity contribution >= 4 is 17.6 Å². The molecule has 0 radical (unpaired) electrons. The van der Waals surface area contributed by atoms with Crippen molar-refractivity contribution in [3.63, 3.8) is 0 Å². The molecule has 20 heavy (non-hydrogen) atoms. The van der Waals surface area contributed by atoms with Gasteiger partial charge in [-0.1, -0.05) is 6.07 Å². The lowest BCUT2D eigenvalue weighted by Crippen LogP contribution is -2.23. The van der Waals surface area contributed by atoms with Crippen molar-refractivity contribution in [2.24, 2.45) is 0 Å². The molecule has 1 aromatic rings. The van der Waals surface area contributed by atoms with E-state index in [-0.39, 0.29) is 18.4 Å². The number of nitrogens with one attached hydrogen (secondary N) is 2. The first kappa shape index (κ1) is 16.0. The van der Waals surface area contributed by atoms with E-state index in [0.717, 1.165) is 11.3 Å². The largest absolute Gasteiger partial charge is 0.481 e. The van der Waals surface area contributed by atoms with Crippen LogP contribution in [0.2, 0.25) is 0 Å². The number of carboxylic acids is 1. The molecule has 1 unspecified atom stereocenters. The molecule has 0 aliphatic heterocycles. The number of aliphatic carboxylic acids is 1. The molecule has 0 aromatic heterocycles. The topological polar surface area (TPSA) is 78.4 Å². The number of carbonyl (C=O) groups excluding carboxylic acids is 1. The highest BCUT2D eigenvalue weighted by atomic mass is 16.4. The second kappa shape index (κ2) is 7.53. The van der Waals surface area contributed by atoms with E-state index in [2.05, 4.69) is 10.6 Å². The highest BCUT2D eigenvalue weighted by Crippen LogP contribution is 2.19. The molecule has 5 heteroatoms. The van der Waals surface area contributed by atoms with E-state index in [0.29, 0.717) is 18.5 Å². The second-order valence-corrected chi connectivity index (χ2v) is 4.87. The van der Waals surface area contributed by atoms with Gasteiger partial charge in [-0.05, 0) is 44.9 Å². The molecule has 0 saturated heterocycles. The van der Waals surface area contributed by atoms with Gasteiger partial charge in [0.2, 0.25) is 0 Å². The Balaban J connectivity index is 2.75. The minimum Gasteiger partial charge on any atom is -0.481 e. The summed E-state index contributed by atoms with van der Waals surface area (Å²) in [6, 6.07) is 5.51. The maximum Gasteiger partial charge on any atom is 0.303 e. The Kier molecular flexibility index (Phi) is 6.03. The van der Waals surface area contributed by atoms with Crippen LogP contribution in [0.15, 0.2) is 18.2 Å². The van der Waals surface area contributed by atoms with Gasteiger partial charge in [-0.15, -0.1) is 0 Å². The average Bonchev–Trinajstić information content (AvgIpc) is 2.39. The zero-order valence-electron chi connectivity index (χ0n) is 12.2. The summed E-state index contributed by atoms with van der Waals surface area (Å²) in [6.45, 7) is 6.35. The maximum absolute atomic E-state index is 11.8. The summed E-state index contributed by atoms with van der Waals surface area (Å²) in [5.41, 5.74) is 2.50. The van der Waals surface area contributed by atoms with Gasteiger partial charge in [0.1, 0.15) is 0 Å². The van der Waals surface area contributed by atoms with Gasteiger partial charge in [-0.3, -0.25) is 9.59 Å². The van der Waals surface area contributed by atoms with Crippen LogP contribution in [0.25, 0.3) is 0 Å². The molecule has 1 rings (SSSR count). The third kappa shape index (κ3) is 4.91. The number of hydrogen-bond acceptors (Lipinski definition) is 3. The Morgan fingerprint density at radius 3 is 2.65 bits per heavy atom. The second-order valence-electron chi connectivity index (χ2n) is 4.87. The molecule has 0 heterocycles. The van der Waals surface area contributed by atoms with E-state index < -0.39 is 5.97 Å². The van der Waals surface area contributed by atoms with Crippen molar-refractivity contribution in [3.8, 4) is 0 Å². The number of amides is 1.